The Hall–Kier alpha value is -2.69. The van der Waals surface area contributed by atoms with Gasteiger partial charge in [0.1, 0.15) is 0 Å². The van der Waals surface area contributed by atoms with Gasteiger partial charge in [-0.15, -0.1) is 11.8 Å². The number of nitrogens with zero attached hydrogens (tertiary/aromatic N) is 1. The number of amides is 2. The van der Waals surface area contributed by atoms with E-state index in [1.807, 2.05) is 62.6 Å². The molecule has 1 atom stereocenters. The molecule has 2 aromatic carbocycles. The van der Waals surface area contributed by atoms with Gasteiger partial charge < -0.3 is 10.6 Å². The van der Waals surface area contributed by atoms with Crippen LogP contribution in [-0.2, 0) is 9.59 Å². The van der Waals surface area contributed by atoms with Gasteiger partial charge in [0.25, 0.3) is 0 Å². The van der Waals surface area contributed by atoms with Crippen LogP contribution in [0.15, 0.2) is 58.0 Å². The molecule has 0 radical (unpaired) electrons. The van der Waals surface area contributed by atoms with Crippen molar-refractivity contribution >= 4 is 41.0 Å². The van der Waals surface area contributed by atoms with Crippen LogP contribution in [0.25, 0.3) is 0 Å². The zero-order chi connectivity index (χ0) is 21.7. The summed E-state index contributed by atoms with van der Waals surface area (Å²) in [5.74, 6) is -0.531. The third-order valence-electron chi connectivity index (χ3n) is 4.73. The third-order valence-corrected chi connectivity index (χ3v) is 6.49. The molecule has 1 aliphatic rings. The molecule has 5 nitrogen and oxygen atoms in total. The van der Waals surface area contributed by atoms with E-state index >= 15 is 0 Å². The van der Waals surface area contributed by atoms with Gasteiger partial charge in [0.05, 0.1) is 22.4 Å². The number of nitrogens with one attached hydrogen (secondary N) is 2. The van der Waals surface area contributed by atoms with E-state index in [0.717, 1.165) is 27.3 Å². The maximum Gasteiger partial charge on any atom is 0.234 e. The summed E-state index contributed by atoms with van der Waals surface area (Å²) in [4.78, 5) is 25.8. The van der Waals surface area contributed by atoms with Crippen LogP contribution in [0, 0.1) is 25.2 Å². The fourth-order valence-corrected chi connectivity index (χ4v) is 4.72. The summed E-state index contributed by atoms with van der Waals surface area (Å²) in [7, 11) is 0. The van der Waals surface area contributed by atoms with Gasteiger partial charge in [-0.2, -0.15) is 5.26 Å². The van der Waals surface area contributed by atoms with E-state index in [9.17, 15) is 14.9 Å². The van der Waals surface area contributed by atoms with Crippen molar-refractivity contribution in [1.82, 2.24) is 5.32 Å². The average molecular weight is 438 g/mol. The molecule has 1 heterocycles. The van der Waals surface area contributed by atoms with Crippen LogP contribution in [0.4, 0.5) is 5.69 Å². The average Bonchev–Trinajstić information content (AvgIpc) is 2.71. The maximum atomic E-state index is 12.4. The molecule has 154 valence electrons. The van der Waals surface area contributed by atoms with Crippen LogP contribution in [0.3, 0.4) is 0 Å². The summed E-state index contributed by atoms with van der Waals surface area (Å²) < 4.78 is 0. The second-order valence-electron chi connectivity index (χ2n) is 7.15. The van der Waals surface area contributed by atoms with E-state index in [0.29, 0.717) is 10.6 Å². The number of rotatable bonds is 6. The van der Waals surface area contributed by atoms with Gasteiger partial charge in [0.2, 0.25) is 11.8 Å². The van der Waals surface area contributed by atoms with Crippen molar-refractivity contribution in [3.8, 4) is 6.07 Å². The van der Waals surface area contributed by atoms with Crippen molar-refractivity contribution in [3.63, 3.8) is 0 Å². The van der Waals surface area contributed by atoms with Crippen molar-refractivity contribution in [3.05, 3.63) is 69.8 Å². The Morgan fingerprint density at radius 3 is 2.47 bits per heavy atom. The van der Waals surface area contributed by atoms with Crippen LogP contribution >= 0.6 is 23.5 Å². The Morgan fingerprint density at radius 1 is 1.20 bits per heavy atom. The molecule has 0 bridgehead atoms. The first kappa shape index (κ1) is 22.0. The largest absolute Gasteiger partial charge is 0.325 e. The molecule has 0 fully saturated rings. The molecule has 2 aromatic rings. The Labute approximate surface area is 185 Å². The van der Waals surface area contributed by atoms with Gasteiger partial charge in [0.15, 0.2) is 0 Å². The summed E-state index contributed by atoms with van der Waals surface area (Å²) in [5.41, 5.74) is 4.31. The van der Waals surface area contributed by atoms with Crippen molar-refractivity contribution in [2.45, 2.75) is 31.1 Å². The van der Waals surface area contributed by atoms with Crippen molar-refractivity contribution < 1.29 is 9.59 Å². The number of nitriles is 1. The molecule has 0 aromatic heterocycles. The zero-order valence-corrected chi connectivity index (χ0v) is 18.7. The monoisotopic (exact) mass is 437 g/mol. The number of carbonyl (C=O) groups excluding carboxylic acids is 2. The van der Waals surface area contributed by atoms with E-state index in [1.54, 1.807) is 11.8 Å². The van der Waals surface area contributed by atoms with Gasteiger partial charge in [0, 0.05) is 22.9 Å². The molecular formula is C23H23N3O2S2. The molecule has 2 N–H and O–H groups in total. The van der Waals surface area contributed by atoms with Gasteiger partial charge in [-0.3, -0.25) is 9.59 Å². The normalized spacial score (nSPS) is 16.1. The van der Waals surface area contributed by atoms with E-state index in [1.165, 1.54) is 11.8 Å². The van der Waals surface area contributed by atoms with Crippen molar-refractivity contribution in [2.75, 3.05) is 17.3 Å². The number of aryl methyl sites for hydroxylation is 2. The lowest BCUT2D eigenvalue weighted by atomic mass is 9.87. The standard InChI is InChI=1S/C23H23N3O2S2/c1-14-8-15(2)10-17(9-14)25-22(28)13-30-23-20(12-24)19(11-21(27)26-23)16-4-6-18(29-3)7-5-16/h4-10,19H,11,13H2,1-3H3,(H,25,28)(H,26,27)/t19-/m1/s1. The minimum Gasteiger partial charge on any atom is -0.325 e. The first-order valence-electron chi connectivity index (χ1n) is 9.48. The fourth-order valence-electron chi connectivity index (χ4n) is 3.44. The van der Waals surface area contributed by atoms with E-state index in [2.05, 4.69) is 16.7 Å². The Bertz CT molecular complexity index is 1020. The highest BCUT2D eigenvalue weighted by Gasteiger charge is 2.29. The number of anilines is 1. The highest BCUT2D eigenvalue weighted by molar-refractivity contribution is 8.03. The smallest absolute Gasteiger partial charge is 0.234 e. The summed E-state index contributed by atoms with van der Waals surface area (Å²) in [6.45, 7) is 3.95. The molecular weight excluding hydrogens is 414 g/mol. The molecule has 0 aliphatic carbocycles. The van der Waals surface area contributed by atoms with Crippen LogP contribution in [0.1, 0.15) is 29.0 Å². The number of hydrogen-bond acceptors (Lipinski definition) is 5. The Balaban J connectivity index is 1.75. The molecule has 7 heteroatoms. The maximum absolute atomic E-state index is 12.4. The summed E-state index contributed by atoms with van der Waals surface area (Å²) >= 11 is 2.83. The second kappa shape index (κ2) is 9.88. The quantitative estimate of drug-likeness (QED) is 0.638. The van der Waals surface area contributed by atoms with Crippen molar-refractivity contribution in [2.24, 2.45) is 0 Å². The predicted octanol–water partition coefficient (Wildman–Crippen LogP) is 4.74. The van der Waals surface area contributed by atoms with Crippen LogP contribution in [-0.4, -0.2) is 23.8 Å². The molecule has 30 heavy (non-hydrogen) atoms. The van der Waals surface area contributed by atoms with Gasteiger partial charge in [-0.1, -0.05) is 30.0 Å². The van der Waals surface area contributed by atoms with Crippen LogP contribution < -0.4 is 10.6 Å². The minimum absolute atomic E-state index is 0.103. The second-order valence-corrected chi connectivity index (χ2v) is 9.01. The molecule has 0 saturated carbocycles. The lowest BCUT2D eigenvalue weighted by molar-refractivity contribution is -0.121. The minimum atomic E-state index is -0.301. The number of hydrogen-bond donors (Lipinski definition) is 2. The predicted molar refractivity (Wildman–Crippen MR) is 123 cm³/mol. The first-order valence-corrected chi connectivity index (χ1v) is 11.7. The molecule has 1 aliphatic heterocycles. The lowest BCUT2D eigenvalue weighted by Crippen LogP contribution is -2.31. The van der Waals surface area contributed by atoms with Crippen molar-refractivity contribution in [1.29, 1.82) is 5.26 Å². The molecule has 2 amide bonds. The molecule has 0 saturated heterocycles. The molecule has 0 spiro atoms. The molecule has 3 rings (SSSR count). The number of carbonyl (C=O) groups is 2. The van der Waals surface area contributed by atoms with Crippen LogP contribution in [0.2, 0.25) is 0 Å². The Morgan fingerprint density at radius 2 is 1.87 bits per heavy atom. The highest BCUT2D eigenvalue weighted by Crippen LogP contribution is 2.36. The van der Waals surface area contributed by atoms with Gasteiger partial charge in [-0.25, -0.2) is 0 Å². The highest BCUT2D eigenvalue weighted by atomic mass is 32.2. The SMILES string of the molecule is CSc1ccc([C@H]2CC(=O)NC(SCC(=O)Nc3cc(C)cc(C)c3)=C2C#N)cc1. The lowest BCUT2D eigenvalue weighted by Gasteiger charge is -2.25. The Kier molecular flexibility index (Phi) is 7.24. The van der Waals surface area contributed by atoms with Crippen LogP contribution in [0.5, 0.6) is 0 Å². The summed E-state index contributed by atoms with van der Waals surface area (Å²) in [5, 5.41) is 15.9. The summed E-state index contributed by atoms with van der Waals surface area (Å²) in [6.07, 6.45) is 2.22. The van der Waals surface area contributed by atoms with E-state index in [-0.39, 0.29) is 29.9 Å². The number of thioether (sulfide) groups is 2. The van der Waals surface area contributed by atoms with E-state index in [4.69, 9.17) is 0 Å². The third kappa shape index (κ3) is 5.47. The fraction of sp³-hybridized carbons (Fsp3) is 0.261. The molecule has 0 unspecified atom stereocenters. The van der Waals surface area contributed by atoms with Gasteiger partial charge in [-0.05, 0) is 61.1 Å². The summed E-state index contributed by atoms with van der Waals surface area (Å²) in [6, 6.07) is 16.0. The number of benzene rings is 2. The van der Waals surface area contributed by atoms with E-state index < -0.39 is 0 Å². The topological polar surface area (TPSA) is 82.0 Å². The first-order chi connectivity index (χ1) is 14.4. The van der Waals surface area contributed by atoms with Gasteiger partial charge >= 0.3 is 0 Å². The number of allylic oxidation sites excluding steroid dienone is 1. The zero-order valence-electron chi connectivity index (χ0n) is 17.1.